The molecule has 0 saturated heterocycles. The van der Waals surface area contributed by atoms with E-state index in [1.54, 1.807) is 69.3 Å². The van der Waals surface area contributed by atoms with E-state index in [9.17, 15) is 28.8 Å². The van der Waals surface area contributed by atoms with Gasteiger partial charge >= 0.3 is 11.9 Å². The van der Waals surface area contributed by atoms with Gasteiger partial charge in [-0.1, -0.05) is 56.1 Å². The number of hydrogen-bond acceptors (Lipinski definition) is 13. The number of anilines is 4. The van der Waals surface area contributed by atoms with Gasteiger partial charge in [0.2, 0.25) is 11.9 Å². The van der Waals surface area contributed by atoms with Gasteiger partial charge in [0.25, 0.3) is 23.6 Å². The van der Waals surface area contributed by atoms with Gasteiger partial charge in [-0.25, -0.2) is 29.5 Å². The third-order valence-electron chi connectivity index (χ3n) is 9.59. The molecule has 9 N–H and O–H groups in total. The Bertz CT molecular complexity index is 3300. The van der Waals surface area contributed by atoms with E-state index < -0.39 is 47.8 Å². The SMILES string of the molecule is Cc1ccc(Br)cc1NC(=O)c1nc[nH]c1C(=O)Nc1nc2c(OCC(=O)O)cccc2[nH]1.Cc1ccc(Br)cc1NC(=O)c1nc[nH]c1C(=O)Nc1nc2c(OCC(=O)OC(C)(C)C)cccc2[nH]1. The number of aryl methyl sites for hydroxylation is 2. The van der Waals surface area contributed by atoms with E-state index in [-0.39, 0.29) is 47.0 Å². The van der Waals surface area contributed by atoms with Crippen LogP contribution in [0.4, 0.5) is 23.3 Å². The molecule has 22 nitrogen and oxygen atoms in total. The van der Waals surface area contributed by atoms with Gasteiger partial charge < -0.3 is 49.9 Å². The Hall–Kier alpha value is -8.38. The topological polar surface area (TPSA) is 313 Å². The number of para-hydroxylation sites is 2. The average Bonchev–Trinajstić information content (AvgIpc) is 4.13. The number of imidazole rings is 4. The van der Waals surface area contributed by atoms with Crippen LogP contribution in [0.5, 0.6) is 11.5 Å². The minimum absolute atomic E-state index is 0.0352. The van der Waals surface area contributed by atoms with Crippen LogP contribution >= 0.6 is 31.9 Å². The van der Waals surface area contributed by atoms with Gasteiger partial charge in [-0.05, 0) is 94.3 Å². The lowest BCUT2D eigenvalue weighted by Gasteiger charge is -2.19. The number of nitrogens with one attached hydrogen (secondary N) is 8. The molecule has 0 bridgehead atoms. The Labute approximate surface area is 413 Å². The maximum Gasteiger partial charge on any atom is 0.344 e. The Morgan fingerprint density at radius 1 is 0.614 bits per heavy atom. The number of aromatic amines is 4. The van der Waals surface area contributed by atoms with E-state index in [1.807, 2.05) is 38.1 Å². The lowest BCUT2D eigenvalue weighted by Crippen LogP contribution is -2.27. The minimum atomic E-state index is -1.13. The maximum atomic E-state index is 13.0. The van der Waals surface area contributed by atoms with E-state index in [0.717, 1.165) is 20.1 Å². The van der Waals surface area contributed by atoms with Crippen molar-refractivity contribution in [3.63, 3.8) is 0 Å². The number of ether oxygens (including phenoxy) is 3. The van der Waals surface area contributed by atoms with Gasteiger partial charge in [-0.3, -0.25) is 29.8 Å². The highest BCUT2D eigenvalue weighted by molar-refractivity contribution is 9.10. The van der Waals surface area contributed by atoms with Gasteiger partial charge in [0.05, 0.1) is 23.7 Å². The summed E-state index contributed by atoms with van der Waals surface area (Å²) in [6.07, 6.45) is 2.51. The van der Waals surface area contributed by atoms with Crippen LogP contribution in [-0.4, -0.2) is 99.4 Å². The van der Waals surface area contributed by atoms with E-state index in [4.69, 9.17) is 19.3 Å². The maximum absolute atomic E-state index is 13.0. The molecule has 8 aromatic rings. The second-order valence-corrected chi connectivity index (χ2v) is 17.9. The fourth-order valence-corrected chi connectivity index (χ4v) is 7.17. The second kappa shape index (κ2) is 21.3. The predicted octanol–water partition coefficient (Wildman–Crippen LogP) is 7.91. The van der Waals surface area contributed by atoms with Gasteiger partial charge in [-0.15, -0.1) is 0 Å². The number of benzene rings is 4. The summed E-state index contributed by atoms with van der Waals surface area (Å²) in [5, 5.41) is 19.5. The molecule has 0 atom stereocenters. The highest BCUT2D eigenvalue weighted by Gasteiger charge is 2.25. The summed E-state index contributed by atoms with van der Waals surface area (Å²) in [5.74, 6) is -3.21. The number of halogens is 2. The molecular weight excluding hydrogens is 1040 g/mol. The molecule has 360 valence electrons. The zero-order valence-electron chi connectivity index (χ0n) is 37.7. The van der Waals surface area contributed by atoms with Crippen molar-refractivity contribution >= 4 is 113 Å². The quantitative estimate of drug-likeness (QED) is 0.0468. The first kappa shape index (κ1) is 49.5. The number of aliphatic carboxylic acids is 1. The van der Waals surface area contributed by atoms with Crippen molar-refractivity contribution in [1.29, 1.82) is 0 Å². The van der Waals surface area contributed by atoms with Crippen LogP contribution in [0.3, 0.4) is 0 Å². The number of amides is 4. The molecule has 0 spiro atoms. The fourth-order valence-electron chi connectivity index (χ4n) is 6.45. The number of hydrogen-bond donors (Lipinski definition) is 9. The number of fused-ring (bicyclic) bond motifs is 2. The normalized spacial score (nSPS) is 11.0. The Balaban J connectivity index is 0.000000208. The zero-order chi connectivity index (χ0) is 50.3. The lowest BCUT2D eigenvalue weighted by atomic mass is 10.2. The largest absolute Gasteiger partial charge is 0.480 e. The molecule has 0 aliphatic heterocycles. The van der Waals surface area contributed by atoms with Crippen molar-refractivity contribution in [3.8, 4) is 11.5 Å². The summed E-state index contributed by atoms with van der Waals surface area (Å²) < 4.78 is 17.7. The number of esters is 1. The zero-order valence-corrected chi connectivity index (χ0v) is 40.8. The lowest BCUT2D eigenvalue weighted by molar-refractivity contribution is -0.157. The third-order valence-corrected chi connectivity index (χ3v) is 10.6. The summed E-state index contributed by atoms with van der Waals surface area (Å²) in [6.45, 7) is 8.18. The van der Waals surface area contributed by atoms with Crippen LogP contribution in [-0.2, 0) is 14.3 Å². The van der Waals surface area contributed by atoms with Gasteiger partial charge in [0, 0.05) is 20.3 Å². The standard InChI is InChI=1S/C25H25BrN6O5.C21H17BrN6O5/c1-13-8-9-14(26)10-16(13)29-22(34)20-21(28-12-27-20)23(35)32-24-30-15-6-5-7-17(19(15)31-24)36-11-18(33)37-25(2,3)4;1-10-5-6-11(22)7-13(10)25-19(31)17-18(24-9-23-17)20(32)28-21-26-12-3-2-4-14(16(12)27-21)33-8-15(29)30/h5-10,12H,11H2,1-4H3,(H,27,28)(H,29,34)(H2,30,31,32,35);2-7,9H,8H2,1H3,(H,23,24)(H,25,31)(H,29,30)(H2,26,27,28,32). The van der Waals surface area contributed by atoms with Crippen LogP contribution in [0, 0.1) is 13.8 Å². The van der Waals surface area contributed by atoms with E-state index in [0.29, 0.717) is 39.2 Å². The highest BCUT2D eigenvalue weighted by Crippen LogP contribution is 2.28. The number of H-pyrrole nitrogens is 4. The van der Waals surface area contributed by atoms with E-state index >= 15 is 0 Å². The van der Waals surface area contributed by atoms with Crippen LogP contribution in [0.25, 0.3) is 22.1 Å². The number of nitrogens with zero attached hydrogens (tertiary/aromatic N) is 4. The average molecular weight is 1080 g/mol. The molecule has 24 heteroatoms. The Morgan fingerprint density at radius 3 is 1.49 bits per heavy atom. The van der Waals surface area contributed by atoms with Gasteiger partial charge in [-0.2, -0.15) is 0 Å². The molecule has 0 radical (unpaired) electrons. The van der Waals surface area contributed by atoms with Crippen LogP contribution in [0.15, 0.2) is 94.4 Å². The molecule has 0 aliphatic carbocycles. The van der Waals surface area contributed by atoms with Crippen LogP contribution in [0.1, 0.15) is 73.9 Å². The molecule has 4 heterocycles. The van der Waals surface area contributed by atoms with Crippen molar-refractivity contribution < 1.29 is 48.1 Å². The van der Waals surface area contributed by atoms with Crippen molar-refractivity contribution in [2.45, 2.75) is 40.2 Å². The molecule has 0 unspecified atom stereocenters. The molecule has 4 aromatic heterocycles. The molecule has 0 fully saturated rings. The first-order valence-corrected chi connectivity index (χ1v) is 22.4. The van der Waals surface area contributed by atoms with E-state index in [2.05, 4.69) is 93.0 Å². The summed E-state index contributed by atoms with van der Waals surface area (Å²) in [6, 6.07) is 21.0. The summed E-state index contributed by atoms with van der Waals surface area (Å²) in [4.78, 5) is 102. The number of carbonyl (C=O) groups is 6. The number of rotatable bonds is 14. The molecule has 70 heavy (non-hydrogen) atoms. The number of carboxylic acid groups (broad SMARTS) is 1. The smallest absolute Gasteiger partial charge is 0.344 e. The third kappa shape index (κ3) is 12.4. The van der Waals surface area contributed by atoms with Crippen molar-refractivity contribution in [3.05, 3.63) is 128 Å². The fraction of sp³-hybridized carbons (Fsp3) is 0.174. The summed E-state index contributed by atoms with van der Waals surface area (Å²) in [7, 11) is 0. The summed E-state index contributed by atoms with van der Waals surface area (Å²) >= 11 is 6.74. The molecule has 4 aromatic carbocycles. The first-order chi connectivity index (χ1) is 33.3. The van der Waals surface area contributed by atoms with Crippen molar-refractivity contribution in [2.75, 3.05) is 34.5 Å². The molecule has 8 rings (SSSR count). The van der Waals surface area contributed by atoms with Crippen molar-refractivity contribution in [1.82, 2.24) is 39.9 Å². The highest BCUT2D eigenvalue weighted by atomic mass is 79.9. The number of carboxylic acids is 1. The molecule has 0 aliphatic rings. The number of carbonyl (C=O) groups excluding carboxylic acids is 5. The Morgan fingerprint density at radius 2 is 1.06 bits per heavy atom. The summed E-state index contributed by atoms with van der Waals surface area (Å²) in [5.41, 5.74) is 3.84. The van der Waals surface area contributed by atoms with Crippen LogP contribution in [0.2, 0.25) is 0 Å². The molecular formula is C46H42Br2N12O10. The second-order valence-electron chi connectivity index (χ2n) is 16.0. The van der Waals surface area contributed by atoms with Crippen LogP contribution < -0.4 is 30.7 Å². The number of aromatic nitrogens is 8. The molecule has 4 amide bonds. The predicted molar refractivity (Wildman–Crippen MR) is 263 cm³/mol. The van der Waals surface area contributed by atoms with Gasteiger partial charge in [0.1, 0.15) is 39.5 Å². The molecule has 0 saturated carbocycles. The van der Waals surface area contributed by atoms with Crippen molar-refractivity contribution in [2.24, 2.45) is 0 Å². The van der Waals surface area contributed by atoms with E-state index in [1.165, 1.54) is 12.7 Å². The minimum Gasteiger partial charge on any atom is -0.480 e. The first-order valence-electron chi connectivity index (χ1n) is 20.8. The van der Waals surface area contributed by atoms with Gasteiger partial charge in [0.15, 0.2) is 24.6 Å². The monoisotopic (exact) mass is 1080 g/mol. The Kier molecular flexibility index (Phi) is 15.1.